The first-order valence-corrected chi connectivity index (χ1v) is 13.0. The number of hydrazone groups is 1. The van der Waals surface area contributed by atoms with Gasteiger partial charge in [0.1, 0.15) is 18.1 Å². The molecule has 0 bridgehead atoms. The number of amides is 2. The van der Waals surface area contributed by atoms with Crippen molar-refractivity contribution >= 4 is 40.4 Å². The van der Waals surface area contributed by atoms with Crippen molar-refractivity contribution < 1.29 is 14.3 Å². The molecule has 0 fully saturated rings. The van der Waals surface area contributed by atoms with Crippen LogP contribution in [0.15, 0.2) is 113 Å². The van der Waals surface area contributed by atoms with E-state index in [4.69, 9.17) is 16.3 Å². The van der Waals surface area contributed by atoms with Crippen LogP contribution in [-0.4, -0.2) is 28.2 Å². The van der Waals surface area contributed by atoms with Crippen LogP contribution in [0, 0.1) is 0 Å². The zero-order valence-corrected chi connectivity index (χ0v) is 22.3. The Balaban J connectivity index is 1.38. The van der Waals surface area contributed by atoms with E-state index in [1.54, 1.807) is 78.9 Å². The molecule has 0 unspecified atom stereocenters. The van der Waals surface area contributed by atoms with E-state index >= 15 is 0 Å². The Labute approximate surface area is 239 Å². The van der Waals surface area contributed by atoms with Crippen LogP contribution >= 0.6 is 11.6 Å². The Bertz CT molecular complexity index is 1770. The minimum atomic E-state index is -1.27. The molecule has 1 atom stereocenters. The van der Waals surface area contributed by atoms with Crippen molar-refractivity contribution in [2.24, 2.45) is 5.10 Å². The second kappa shape index (κ2) is 12.7. The number of H-pyrrole nitrogens is 1. The molecule has 2 amide bonds. The largest absolute Gasteiger partial charge is 0.488 e. The molecule has 1 aromatic heterocycles. The summed E-state index contributed by atoms with van der Waals surface area (Å²) in [6.07, 6.45) is 1.45. The molecule has 0 aliphatic heterocycles. The second-order valence-electron chi connectivity index (χ2n) is 8.94. The minimum Gasteiger partial charge on any atom is -0.488 e. The number of hydrogen-bond donors (Lipinski definition) is 3. The molecule has 0 aliphatic rings. The van der Waals surface area contributed by atoms with Gasteiger partial charge in [-0.1, -0.05) is 72.3 Å². The van der Waals surface area contributed by atoms with E-state index in [1.165, 1.54) is 6.21 Å². The fraction of sp³-hybridized carbons (Fsp3) is 0.0645. The molecule has 204 valence electrons. The first kappa shape index (κ1) is 27.3. The Kier molecular flexibility index (Phi) is 8.46. The van der Waals surface area contributed by atoms with E-state index in [1.807, 2.05) is 24.3 Å². The molecule has 0 radical (unpaired) electrons. The maximum Gasteiger partial charge on any atom is 0.272 e. The number of para-hydroxylation sites is 1. The number of ether oxygens (including phenoxy) is 1. The Morgan fingerprint density at radius 2 is 1.59 bits per heavy atom. The van der Waals surface area contributed by atoms with E-state index in [2.05, 4.69) is 26.0 Å². The van der Waals surface area contributed by atoms with Crippen LogP contribution in [0.4, 0.5) is 0 Å². The highest BCUT2D eigenvalue weighted by Gasteiger charge is 2.27. The monoisotopic (exact) mass is 565 g/mol. The van der Waals surface area contributed by atoms with Crippen LogP contribution in [0.3, 0.4) is 0 Å². The van der Waals surface area contributed by atoms with Gasteiger partial charge in [-0.3, -0.25) is 14.4 Å². The molecule has 0 saturated carbocycles. The smallest absolute Gasteiger partial charge is 0.272 e. The SMILES string of the molecule is O=C(N[C@@H](C(=O)N/N=C\c1ccccc1OCc1ccc(Cl)cc1)c1n[nH]c(=O)c2ccccc12)c1ccccc1. The van der Waals surface area contributed by atoms with Crippen molar-refractivity contribution in [3.8, 4) is 5.75 Å². The molecule has 3 N–H and O–H groups in total. The third-order valence-electron chi connectivity index (χ3n) is 6.18. The van der Waals surface area contributed by atoms with Gasteiger partial charge in [-0.15, -0.1) is 0 Å². The number of aromatic nitrogens is 2. The number of carbonyl (C=O) groups excluding carboxylic acids is 2. The van der Waals surface area contributed by atoms with Gasteiger partial charge in [-0.2, -0.15) is 10.2 Å². The molecule has 41 heavy (non-hydrogen) atoms. The predicted molar refractivity (Wildman–Crippen MR) is 157 cm³/mol. The molecule has 0 spiro atoms. The number of halogens is 1. The summed E-state index contributed by atoms with van der Waals surface area (Å²) in [5.41, 5.74) is 4.16. The average Bonchev–Trinajstić information content (AvgIpc) is 3.01. The summed E-state index contributed by atoms with van der Waals surface area (Å²) in [4.78, 5) is 38.8. The average molecular weight is 566 g/mol. The second-order valence-corrected chi connectivity index (χ2v) is 9.38. The first-order valence-electron chi connectivity index (χ1n) is 12.6. The number of aromatic amines is 1. The van der Waals surface area contributed by atoms with Gasteiger partial charge in [-0.25, -0.2) is 10.5 Å². The Morgan fingerprint density at radius 1 is 0.902 bits per heavy atom. The Morgan fingerprint density at radius 3 is 2.37 bits per heavy atom. The van der Waals surface area contributed by atoms with Gasteiger partial charge in [-0.05, 0) is 48.0 Å². The van der Waals surface area contributed by atoms with Crippen LogP contribution in [0.2, 0.25) is 5.02 Å². The minimum absolute atomic E-state index is 0.170. The summed E-state index contributed by atoms with van der Waals surface area (Å²) in [7, 11) is 0. The van der Waals surface area contributed by atoms with Crippen LogP contribution in [0.25, 0.3) is 10.8 Å². The van der Waals surface area contributed by atoms with Crippen molar-refractivity contribution in [3.63, 3.8) is 0 Å². The van der Waals surface area contributed by atoms with Gasteiger partial charge in [0.2, 0.25) is 0 Å². The fourth-order valence-electron chi connectivity index (χ4n) is 4.11. The van der Waals surface area contributed by atoms with Crippen LogP contribution in [0.5, 0.6) is 5.75 Å². The number of carbonyl (C=O) groups is 2. The summed E-state index contributed by atoms with van der Waals surface area (Å²) < 4.78 is 5.95. The third-order valence-corrected chi connectivity index (χ3v) is 6.43. The maximum absolute atomic E-state index is 13.4. The highest BCUT2D eigenvalue weighted by molar-refractivity contribution is 6.30. The normalized spacial score (nSPS) is 11.7. The molecule has 0 aliphatic carbocycles. The zero-order valence-electron chi connectivity index (χ0n) is 21.6. The lowest BCUT2D eigenvalue weighted by atomic mass is 10.0. The molecular formula is C31H24ClN5O4. The molecule has 4 aromatic carbocycles. The molecule has 5 aromatic rings. The van der Waals surface area contributed by atoms with Gasteiger partial charge in [0.15, 0.2) is 6.04 Å². The number of fused-ring (bicyclic) bond motifs is 1. The van der Waals surface area contributed by atoms with Gasteiger partial charge in [0.25, 0.3) is 17.4 Å². The van der Waals surface area contributed by atoms with E-state index in [-0.39, 0.29) is 5.69 Å². The number of hydrogen-bond acceptors (Lipinski definition) is 6. The third kappa shape index (κ3) is 6.66. The van der Waals surface area contributed by atoms with E-state index < -0.39 is 23.4 Å². The van der Waals surface area contributed by atoms with Crippen molar-refractivity contribution in [1.82, 2.24) is 20.9 Å². The van der Waals surface area contributed by atoms with Crippen molar-refractivity contribution in [2.75, 3.05) is 0 Å². The van der Waals surface area contributed by atoms with Crippen molar-refractivity contribution in [3.05, 3.63) is 141 Å². The van der Waals surface area contributed by atoms with Crippen LogP contribution in [0.1, 0.15) is 33.2 Å². The topological polar surface area (TPSA) is 126 Å². The highest BCUT2D eigenvalue weighted by atomic mass is 35.5. The van der Waals surface area contributed by atoms with Crippen molar-refractivity contribution in [2.45, 2.75) is 12.6 Å². The van der Waals surface area contributed by atoms with Crippen molar-refractivity contribution in [1.29, 1.82) is 0 Å². The molecular weight excluding hydrogens is 542 g/mol. The van der Waals surface area contributed by atoms with E-state index in [9.17, 15) is 14.4 Å². The lowest BCUT2D eigenvalue weighted by Crippen LogP contribution is -2.40. The van der Waals surface area contributed by atoms with Gasteiger partial charge in [0, 0.05) is 21.5 Å². The molecule has 1 heterocycles. The lowest BCUT2D eigenvalue weighted by Gasteiger charge is -2.18. The molecule has 9 nitrogen and oxygen atoms in total. The standard InChI is InChI=1S/C31H24ClN5O4/c32-23-16-14-20(15-17-23)19-41-26-13-7-4-10-22(26)18-33-36-31(40)28(34-29(38)21-8-2-1-3-9-21)27-24-11-5-6-12-25(24)30(39)37-35-27/h1-18,28H,19H2,(H,34,38)(H,36,40)(H,37,39)/b33-18-/t28-/m1/s1. The Hall–Kier alpha value is -5.28. The molecule has 5 rings (SSSR count). The number of benzene rings is 4. The van der Waals surface area contributed by atoms with Gasteiger partial charge < -0.3 is 10.1 Å². The summed E-state index contributed by atoms with van der Waals surface area (Å²) >= 11 is 5.96. The molecule has 0 saturated heterocycles. The quantitative estimate of drug-likeness (QED) is 0.175. The number of nitrogens with one attached hydrogen (secondary N) is 3. The van der Waals surface area contributed by atoms with Crippen LogP contribution in [-0.2, 0) is 11.4 Å². The summed E-state index contributed by atoms with van der Waals surface area (Å²) in [6, 6.07) is 28.5. The number of nitrogens with zero attached hydrogens (tertiary/aromatic N) is 2. The fourth-order valence-corrected chi connectivity index (χ4v) is 4.23. The van der Waals surface area contributed by atoms with E-state index in [0.29, 0.717) is 39.3 Å². The predicted octanol–water partition coefficient (Wildman–Crippen LogP) is 4.78. The summed E-state index contributed by atoms with van der Waals surface area (Å²) in [6.45, 7) is 0.312. The van der Waals surface area contributed by atoms with Gasteiger partial charge >= 0.3 is 0 Å². The van der Waals surface area contributed by atoms with E-state index in [0.717, 1.165) is 5.56 Å². The summed E-state index contributed by atoms with van der Waals surface area (Å²) in [5, 5.41) is 14.8. The molecule has 10 heteroatoms. The highest BCUT2D eigenvalue weighted by Crippen LogP contribution is 2.21. The summed E-state index contributed by atoms with van der Waals surface area (Å²) in [5.74, 6) is -0.592. The number of rotatable bonds is 9. The zero-order chi connectivity index (χ0) is 28.6. The van der Waals surface area contributed by atoms with Crippen LogP contribution < -0.4 is 21.0 Å². The van der Waals surface area contributed by atoms with Gasteiger partial charge in [0.05, 0.1) is 11.6 Å². The maximum atomic E-state index is 13.4. The first-order chi connectivity index (χ1) is 20.0. The lowest BCUT2D eigenvalue weighted by molar-refractivity contribution is -0.123.